The molecule has 0 unspecified atom stereocenters. The van der Waals surface area contributed by atoms with Crippen LogP contribution >= 0.6 is 0 Å². The van der Waals surface area contributed by atoms with E-state index in [-0.39, 0.29) is 5.96 Å². The van der Waals surface area contributed by atoms with Crippen molar-refractivity contribution in [2.24, 2.45) is 16.5 Å². The van der Waals surface area contributed by atoms with Gasteiger partial charge in [0.25, 0.3) is 0 Å². The predicted molar refractivity (Wildman–Crippen MR) is 66.7 cm³/mol. The van der Waals surface area contributed by atoms with Gasteiger partial charge >= 0.3 is 0 Å². The number of guanidine groups is 1. The van der Waals surface area contributed by atoms with E-state index in [0.717, 1.165) is 29.9 Å². The number of pyridine rings is 1. The van der Waals surface area contributed by atoms with Crippen LogP contribution in [0.3, 0.4) is 0 Å². The van der Waals surface area contributed by atoms with E-state index in [1.807, 2.05) is 33.3 Å². The molecule has 0 spiro atoms. The average Bonchev–Trinajstić information content (AvgIpc) is 2.18. The molecule has 16 heavy (non-hydrogen) atoms. The van der Waals surface area contributed by atoms with Crippen LogP contribution in [0.15, 0.2) is 17.3 Å². The van der Waals surface area contributed by atoms with E-state index >= 15 is 0 Å². The van der Waals surface area contributed by atoms with Crippen molar-refractivity contribution in [1.82, 2.24) is 9.88 Å². The Morgan fingerprint density at radius 2 is 2.12 bits per heavy atom. The first kappa shape index (κ1) is 12.4. The molecule has 0 saturated carbocycles. The minimum atomic E-state index is 0.0645. The summed E-state index contributed by atoms with van der Waals surface area (Å²) in [6, 6.07) is 1.98. The third-order valence-corrected chi connectivity index (χ3v) is 2.21. The standard InChI is InChI=1S/C11H19N5/c1-8-10(15-11(12)13)6-9(7-14-8)4-5-16(2)3/h6-7H,4-5H2,1-3H3,(H4,12,13,15). The number of aliphatic imine (C=N–C) groups is 1. The molecule has 0 fully saturated rings. The monoisotopic (exact) mass is 221 g/mol. The molecule has 1 aromatic heterocycles. The summed E-state index contributed by atoms with van der Waals surface area (Å²) in [5, 5.41) is 0. The van der Waals surface area contributed by atoms with Crippen LogP contribution in [-0.2, 0) is 6.42 Å². The topological polar surface area (TPSA) is 80.5 Å². The van der Waals surface area contributed by atoms with Crippen LogP contribution in [0.2, 0.25) is 0 Å². The van der Waals surface area contributed by atoms with Gasteiger partial charge in [0, 0.05) is 12.7 Å². The number of nitrogens with two attached hydrogens (primary N) is 2. The zero-order chi connectivity index (χ0) is 12.1. The van der Waals surface area contributed by atoms with Crippen molar-refractivity contribution in [3.8, 4) is 0 Å². The minimum Gasteiger partial charge on any atom is -0.370 e. The highest BCUT2D eigenvalue weighted by atomic mass is 15.0. The Hall–Kier alpha value is -1.62. The second-order valence-electron chi connectivity index (χ2n) is 4.04. The van der Waals surface area contributed by atoms with Crippen LogP contribution in [0.1, 0.15) is 11.3 Å². The molecule has 0 aliphatic heterocycles. The van der Waals surface area contributed by atoms with Crippen LogP contribution in [-0.4, -0.2) is 36.5 Å². The highest BCUT2D eigenvalue weighted by molar-refractivity contribution is 5.79. The van der Waals surface area contributed by atoms with Gasteiger partial charge in [-0.05, 0) is 39.1 Å². The van der Waals surface area contributed by atoms with E-state index in [0.29, 0.717) is 0 Å². The van der Waals surface area contributed by atoms with Crippen LogP contribution < -0.4 is 11.5 Å². The van der Waals surface area contributed by atoms with E-state index in [2.05, 4.69) is 14.9 Å². The second kappa shape index (κ2) is 5.46. The fourth-order valence-corrected chi connectivity index (χ4v) is 1.30. The molecular weight excluding hydrogens is 202 g/mol. The maximum atomic E-state index is 5.36. The zero-order valence-electron chi connectivity index (χ0n) is 10.1. The Kier molecular flexibility index (Phi) is 4.25. The molecule has 88 valence electrons. The van der Waals surface area contributed by atoms with Gasteiger partial charge in [0.15, 0.2) is 5.96 Å². The Labute approximate surface area is 96.2 Å². The molecule has 1 rings (SSSR count). The van der Waals surface area contributed by atoms with Crippen molar-refractivity contribution < 1.29 is 0 Å². The number of aromatic nitrogens is 1. The summed E-state index contributed by atoms with van der Waals surface area (Å²) in [7, 11) is 4.08. The molecule has 0 saturated heterocycles. The molecule has 4 N–H and O–H groups in total. The second-order valence-corrected chi connectivity index (χ2v) is 4.04. The number of hydrogen-bond donors (Lipinski definition) is 2. The molecular formula is C11H19N5. The zero-order valence-corrected chi connectivity index (χ0v) is 10.1. The molecule has 0 aliphatic carbocycles. The van der Waals surface area contributed by atoms with Gasteiger partial charge in [0.1, 0.15) is 0 Å². The Morgan fingerprint density at radius 3 is 2.69 bits per heavy atom. The lowest BCUT2D eigenvalue weighted by atomic mass is 10.1. The van der Waals surface area contributed by atoms with Crippen LogP contribution in [0, 0.1) is 6.92 Å². The van der Waals surface area contributed by atoms with Gasteiger partial charge in [-0.15, -0.1) is 0 Å². The number of rotatable bonds is 4. The lowest BCUT2D eigenvalue weighted by molar-refractivity contribution is 0.413. The molecule has 0 amide bonds. The van der Waals surface area contributed by atoms with Crippen molar-refractivity contribution in [2.75, 3.05) is 20.6 Å². The summed E-state index contributed by atoms with van der Waals surface area (Å²) in [4.78, 5) is 10.4. The van der Waals surface area contributed by atoms with Crippen molar-refractivity contribution in [3.63, 3.8) is 0 Å². The average molecular weight is 221 g/mol. The van der Waals surface area contributed by atoms with Gasteiger partial charge < -0.3 is 16.4 Å². The van der Waals surface area contributed by atoms with E-state index in [9.17, 15) is 0 Å². The Bertz CT molecular complexity index is 380. The molecule has 1 aromatic rings. The molecule has 0 aromatic carbocycles. The Morgan fingerprint density at radius 1 is 1.44 bits per heavy atom. The van der Waals surface area contributed by atoms with Gasteiger partial charge in [0.05, 0.1) is 11.4 Å². The summed E-state index contributed by atoms with van der Waals surface area (Å²) in [6.07, 6.45) is 2.80. The highest BCUT2D eigenvalue weighted by Gasteiger charge is 2.02. The van der Waals surface area contributed by atoms with Crippen molar-refractivity contribution in [3.05, 3.63) is 23.5 Å². The summed E-state index contributed by atoms with van der Waals surface area (Å²) < 4.78 is 0. The molecule has 0 bridgehead atoms. The van der Waals surface area contributed by atoms with Crippen molar-refractivity contribution in [1.29, 1.82) is 0 Å². The smallest absolute Gasteiger partial charge is 0.191 e. The lowest BCUT2D eigenvalue weighted by Crippen LogP contribution is -2.22. The lowest BCUT2D eigenvalue weighted by Gasteiger charge is -2.09. The maximum Gasteiger partial charge on any atom is 0.191 e. The van der Waals surface area contributed by atoms with Crippen LogP contribution in [0.4, 0.5) is 5.69 Å². The highest BCUT2D eigenvalue weighted by Crippen LogP contribution is 2.17. The molecule has 5 nitrogen and oxygen atoms in total. The first-order valence-electron chi connectivity index (χ1n) is 5.19. The van der Waals surface area contributed by atoms with Crippen LogP contribution in [0.25, 0.3) is 0 Å². The first-order valence-corrected chi connectivity index (χ1v) is 5.19. The van der Waals surface area contributed by atoms with Gasteiger partial charge in [-0.2, -0.15) is 0 Å². The fourth-order valence-electron chi connectivity index (χ4n) is 1.30. The Balaban J connectivity index is 2.85. The van der Waals surface area contributed by atoms with Crippen molar-refractivity contribution in [2.45, 2.75) is 13.3 Å². The SMILES string of the molecule is Cc1ncc(CCN(C)C)cc1N=C(N)N. The molecule has 0 atom stereocenters. The van der Waals surface area contributed by atoms with E-state index < -0.39 is 0 Å². The van der Waals surface area contributed by atoms with Gasteiger partial charge in [0.2, 0.25) is 0 Å². The molecule has 5 heteroatoms. The number of nitrogens with zero attached hydrogens (tertiary/aromatic N) is 3. The minimum absolute atomic E-state index is 0.0645. The van der Waals surface area contributed by atoms with Gasteiger partial charge in [-0.1, -0.05) is 0 Å². The molecule has 0 aliphatic rings. The normalized spacial score (nSPS) is 10.5. The third kappa shape index (κ3) is 3.86. The predicted octanol–water partition coefficient (Wildman–Crippen LogP) is 0.399. The molecule has 0 radical (unpaired) electrons. The first-order chi connectivity index (χ1) is 7.49. The third-order valence-electron chi connectivity index (χ3n) is 2.21. The summed E-state index contributed by atoms with van der Waals surface area (Å²) in [5.74, 6) is 0.0645. The van der Waals surface area contributed by atoms with Crippen molar-refractivity contribution >= 4 is 11.6 Å². The summed E-state index contributed by atoms with van der Waals surface area (Å²) >= 11 is 0. The van der Waals surface area contributed by atoms with E-state index in [4.69, 9.17) is 11.5 Å². The number of hydrogen-bond acceptors (Lipinski definition) is 3. The van der Waals surface area contributed by atoms with Gasteiger partial charge in [-0.25, -0.2) is 4.99 Å². The summed E-state index contributed by atoms with van der Waals surface area (Å²) in [5.41, 5.74) is 13.4. The van der Waals surface area contributed by atoms with Crippen LogP contribution in [0.5, 0.6) is 0 Å². The van der Waals surface area contributed by atoms with E-state index in [1.165, 1.54) is 0 Å². The maximum absolute atomic E-state index is 5.36. The quantitative estimate of drug-likeness (QED) is 0.569. The summed E-state index contributed by atoms with van der Waals surface area (Å²) in [6.45, 7) is 2.86. The van der Waals surface area contributed by atoms with E-state index in [1.54, 1.807) is 0 Å². The molecule has 1 heterocycles. The number of aryl methyl sites for hydroxylation is 1. The fraction of sp³-hybridized carbons (Fsp3) is 0.455. The number of likely N-dealkylation sites (N-methyl/N-ethyl adjacent to an activating group) is 1. The largest absolute Gasteiger partial charge is 0.370 e. The van der Waals surface area contributed by atoms with Gasteiger partial charge in [-0.3, -0.25) is 4.98 Å².